The fourth-order valence-corrected chi connectivity index (χ4v) is 5.23. The standard InChI is InChI=1S/C19H28NO5P/c1-16-8-7-13-20(16,19(22)23)18(21)12-15-26(24,25)14-6-5-11-17-9-3-2-4-10-17/h2-4,9-10,16H,5-8,11-15H2,1H3,(H-,22,23,24,25)/p+1/t16-,20?/m1/s1. The van der Waals surface area contributed by atoms with E-state index in [9.17, 15) is 24.2 Å². The van der Waals surface area contributed by atoms with Gasteiger partial charge in [0.25, 0.3) is 0 Å². The SMILES string of the molecule is C[C@@H]1CCC[N+]1(C(=O)O)C(=O)CCP(=O)(O)CCCCc1ccccc1. The first-order chi connectivity index (χ1) is 12.3. The van der Waals surface area contributed by atoms with Crippen molar-refractivity contribution in [1.29, 1.82) is 0 Å². The summed E-state index contributed by atoms with van der Waals surface area (Å²) < 4.78 is 11.8. The molecule has 0 saturated carbocycles. The van der Waals surface area contributed by atoms with E-state index in [1.54, 1.807) is 6.92 Å². The maximum atomic E-state index is 12.5. The lowest BCUT2D eigenvalue weighted by Crippen LogP contribution is -2.58. The zero-order valence-corrected chi connectivity index (χ0v) is 16.2. The molecule has 26 heavy (non-hydrogen) atoms. The van der Waals surface area contributed by atoms with Gasteiger partial charge in [0.15, 0.2) is 0 Å². The van der Waals surface area contributed by atoms with E-state index in [1.807, 2.05) is 30.3 Å². The van der Waals surface area contributed by atoms with Gasteiger partial charge < -0.3 is 10.00 Å². The number of benzene rings is 1. The molecule has 2 rings (SSSR count). The summed E-state index contributed by atoms with van der Waals surface area (Å²) in [6.45, 7) is 2.04. The van der Waals surface area contributed by atoms with Gasteiger partial charge >= 0.3 is 12.0 Å². The molecule has 7 heteroatoms. The summed E-state index contributed by atoms with van der Waals surface area (Å²) in [6, 6.07) is 9.68. The molecule has 0 spiro atoms. The minimum Gasteiger partial charge on any atom is -0.435 e. The van der Waals surface area contributed by atoms with Gasteiger partial charge in [-0.25, -0.2) is 4.79 Å². The zero-order chi connectivity index (χ0) is 19.2. The predicted molar refractivity (Wildman–Crippen MR) is 100 cm³/mol. The van der Waals surface area contributed by atoms with Crippen molar-refractivity contribution >= 4 is 19.4 Å². The molecule has 1 aromatic carbocycles. The molecule has 0 aliphatic carbocycles. The minimum atomic E-state index is -3.41. The van der Waals surface area contributed by atoms with Crippen LogP contribution in [0.2, 0.25) is 0 Å². The van der Waals surface area contributed by atoms with Crippen LogP contribution < -0.4 is 0 Å². The Labute approximate surface area is 154 Å². The summed E-state index contributed by atoms with van der Waals surface area (Å²) in [5, 5.41) is 9.54. The number of unbranched alkanes of at least 4 members (excludes halogenated alkanes) is 1. The van der Waals surface area contributed by atoms with E-state index in [1.165, 1.54) is 5.56 Å². The normalized spacial score (nSPS) is 24.9. The molecule has 2 amide bonds. The molecule has 3 atom stereocenters. The van der Waals surface area contributed by atoms with Crippen LogP contribution >= 0.6 is 7.37 Å². The van der Waals surface area contributed by atoms with Gasteiger partial charge in [0, 0.05) is 25.2 Å². The monoisotopic (exact) mass is 382 g/mol. The van der Waals surface area contributed by atoms with E-state index < -0.39 is 23.9 Å². The van der Waals surface area contributed by atoms with Gasteiger partial charge in [0.2, 0.25) is 7.37 Å². The Bertz CT molecular complexity index is 678. The summed E-state index contributed by atoms with van der Waals surface area (Å²) in [7, 11) is -3.41. The Morgan fingerprint density at radius 2 is 1.88 bits per heavy atom. The third-order valence-electron chi connectivity index (χ3n) is 5.41. The Balaban J connectivity index is 1.80. The number of amides is 2. The van der Waals surface area contributed by atoms with Crippen molar-refractivity contribution in [1.82, 2.24) is 0 Å². The maximum Gasteiger partial charge on any atom is 0.521 e. The number of hydrogen-bond donors (Lipinski definition) is 2. The highest BCUT2D eigenvalue weighted by atomic mass is 31.2. The first kappa shape index (κ1) is 20.8. The average molecular weight is 382 g/mol. The number of aryl methyl sites for hydroxylation is 1. The highest BCUT2D eigenvalue weighted by Crippen LogP contribution is 2.43. The molecule has 144 valence electrons. The summed E-state index contributed by atoms with van der Waals surface area (Å²) in [4.78, 5) is 34.3. The summed E-state index contributed by atoms with van der Waals surface area (Å²) in [6.07, 6.45) is 2.42. The molecule has 2 N–H and O–H groups in total. The molecule has 0 bridgehead atoms. The van der Waals surface area contributed by atoms with Crippen molar-refractivity contribution in [2.75, 3.05) is 18.9 Å². The van der Waals surface area contributed by atoms with Gasteiger partial charge in [-0.2, -0.15) is 9.28 Å². The van der Waals surface area contributed by atoms with Crippen molar-refractivity contribution in [2.45, 2.75) is 51.5 Å². The second-order valence-corrected chi connectivity index (χ2v) is 9.83. The van der Waals surface area contributed by atoms with E-state index >= 15 is 0 Å². The lowest BCUT2D eigenvalue weighted by molar-refractivity contribution is -0.792. The second kappa shape index (κ2) is 8.94. The third kappa shape index (κ3) is 5.03. The predicted octanol–water partition coefficient (Wildman–Crippen LogP) is 3.87. The van der Waals surface area contributed by atoms with Gasteiger partial charge in [-0.15, -0.1) is 0 Å². The van der Waals surface area contributed by atoms with E-state index in [4.69, 9.17) is 0 Å². The first-order valence-corrected chi connectivity index (χ1v) is 11.3. The highest BCUT2D eigenvalue weighted by Gasteiger charge is 2.52. The molecule has 1 aliphatic heterocycles. The van der Waals surface area contributed by atoms with Crippen LogP contribution in [0.15, 0.2) is 30.3 Å². The van der Waals surface area contributed by atoms with Gasteiger partial charge in [-0.3, -0.25) is 4.57 Å². The van der Waals surface area contributed by atoms with E-state index in [0.717, 1.165) is 12.8 Å². The number of hydrogen-bond acceptors (Lipinski definition) is 3. The zero-order valence-electron chi connectivity index (χ0n) is 15.3. The molecular formula is C19H29NO5P+. The largest absolute Gasteiger partial charge is 0.521 e. The molecule has 1 saturated heterocycles. The van der Waals surface area contributed by atoms with Crippen molar-refractivity contribution in [3.8, 4) is 0 Å². The number of quaternary nitrogens is 1. The Hall–Kier alpha value is -1.49. The molecule has 1 aliphatic rings. The lowest BCUT2D eigenvalue weighted by atomic mass is 10.1. The Morgan fingerprint density at radius 1 is 1.19 bits per heavy atom. The number of carboxylic acid groups (broad SMARTS) is 1. The molecule has 1 fully saturated rings. The maximum absolute atomic E-state index is 12.5. The van der Waals surface area contributed by atoms with E-state index in [-0.39, 0.29) is 31.3 Å². The summed E-state index contributed by atoms with van der Waals surface area (Å²) in [5.74, 6) is -0.443. The van der Waals surface area contributed by atoms with Gasteiger partial charge in [0.05, 0.1) is 13.0 Å². The molecule has 1 heterocycles. The van der Waals surface area contributed by atoms with Gasteiger partial charge in [-0.1, -0.05) is 30.3 Å². The number of rotatable bonds is 8. The molecule has 2 unspecified atom stereocenters. The number of imide groups is 1. The van der Waals surface area contributed by atoms with Crippen LogP contribution in [-0.2, 0) is 15.8 Å². The van der Waals surface area contributed by atoms with Crippen LogP contribution in [0.3, 0.4) is 0 Å². The van der Waals surface area contributed by atoms with Crippen LogP contribution in [0, 0.1) is 0 Å². The molecular weight excluding hydrogens is 353 g/mol. The fourth-order valence-electron chi connectivity index (χ4n) is 3.75. The Kier molecular flexibility index (Phi) is 7.16. The smallest absolute Gasteiger partial charge is 0.435 e. The van der Waals surface area contributed by atoms with Crippen molar-refractivity contribution in [3.63, 3.8) is 0 Å². The topological polar surface area (TPSA) is 91.7 Å². The molecule has 0 radical (unpaired) electrons. The van der Waals surface area contributed by atoms with Crippen molar-refractivity contribution < 1.29 is 28.6 Å². The first-order valence-electron chi connectivity index (χ1n) is 9.27. The molecule has 1 aromatic rings. The number of carbonyl (C=O) groups is 2. The highest BCUT2D eigenvalue weighted by molar-refractivity contribution is 7.58. The second-order valence-electron chi connectivity index (χ2n) is 7.25. The fraction of sp³-hybridized carbons (Fsp3) is 0.579. The van der Waals surface area contributed by atoms with Crippen LogP contribution in [-0.4, -0.2) is 51.4 Å². The number of nitrogens with zero attached hydrogens (tertiary/aromatic N) is 1. The summed E-state index contributed by atoms with van der Waals surface area (Å²) in [5.41, 5.74) is 1.20. The van der Waals surface area contributed by atoms with Crippen molar-refractivity contribution in [3.05, 3.63) is 35.9 Å². The third-order valence-corrected chi connectivity index (χ3v) is 7.35. The lowest BCUT2D eigenvalue weighted by Gasteiger charge is -2.29. The average Bonchev–Trinajstić information content (AvgIpc) is 3.00. The van der Waals surface area contributed by atoms with Gasteiger partial charge in [0.1, 0.15) is 6.04 Å². The van der Waals surface area contributed by atoms with Crippen LogP contribution in [0.4, 0.5) is 4.79 Å². The molecule has 0 aromatic heterocycles. The quantitative estimate of drug-likeness (QED) is 0.404. The van der Waals surface area contributed by atoms with Crippen LogP contribution in [0.25, 0.3) is 0 Å². The number of likely N-dealkylation sites (tertiary alicyclic amines) is 1. The minimum absolute atomic E-state index is 0.128. The Morgan fingerprint density at radius 3 is 2.46 bits per heavy atom. The van der Waals surface area contributed by atoms with Crippen molar-refractivity contribution in [2.24, 2.45) is 0 Å². The van der Waals surface area contributed by atoms with E-state index in [2.05, 4.69) is 0 Å². The van der Waals surface area contributed by atoms with Gasteiger partial charge in [-0.05, 0) is 31.7 Å². The van der Waals surface area contributed by atoms with Crippen LogP contribution in [0.5, 0.6) is 0 Å². The summed E-state index contributed by atoms with van der Waals surface area (Å²) >= 11 is 0. The van der Waals surface area contributed by atoms with Crippen LogP contribution in [0.1, 0.15) is 44.6 Å². The molecule has 6 nitrogen and oxygen atoms in total. The number of carbonyl (C=O) groups excluding carboxylic acids is 1. The van der Waals surface area contributed by atoms with E-state index in [0.29, 0.717) is 19.3 Å².